The molecule has 170 valence electrons. The van der Waals surface area contributed by atoms with Crippen LogP contribution < -0.4 is 4.90 Å². The number of hydrogen-bond acceptors (Lipinski definition) is 5. The highest BCUT2D eigenvalue weighted by atomic mass is 32.2. The van der Waals surface area contributed by atoms with E-state index in [0.29, 0.717) is 27.3 Å². The lowest BCUT2D eigenvalue weighted by Gasteiger charge is -2.30. The number of fused-ring (bicyclic) bond motifs is 1. The Morgan fingerprint density at radius 2 is 1.72 bits per heavy atom. The Hall–Kier alpha value is -2.77. The number of rotatable bonds is 5. The maximum Gasteiger partial charge on any atom is 0.323 e. The van der Waals surface area contributed by atoms with Gasteiger partial charge in [0.05, 0.1) is 17.2 Å². The van der Waals surface area contributed by atoms with Gasteiger partial charge in [0.2, 0.25) is 0 Å². The Kier molecular flexibility index (Phi) is 6.45. The number of aliphatic carboxylic acids is 1. The third-order valence-electron chi connectivity index (χ3n) is 5.49. The summed E-state index contributed by atoms with van der Waals surface area (Å²) in [5, 5.41) is 30.2. The van der Waals surface area contributed by atoms with Gasteiger partial charge in [0.15, 0.2) is 0 Å². The molecule has 0 radical (unpaired) electrons. The second-order valence-corrected chi connectivity index (χ2v) is 10.7. The Balaban J connectivity index is 2.18. The fourth-order valence-electron chi connectivity index (χ4n) is 3.62. The van der Waals surface area contributed by atoms with Gasteiger partial charge in [0, 0.05) is 21.4 Å². The molecule has 0 atom stereocenters. The van der Waals surface area contributed by atoms with Crippen LogP contribution in [0.5, 0.6) is 5.75 Å². The fourth-order valence-corrected chi connectivity index (χ4v) is 4.68. The van der Waals surface area contributed by atoms with Crippen LogP contribution in [-0.2, 0) is 20.4 Å². The Morgan fingerprint density at radius 3 is 2.31 bits per heavy atom. The number of amides is 1. The van der Waals surface area contributed by atoms with E-state index in [1.807, 2.05) is 52.8 Å². The summed E-state index contributed by atoms with van der Waals surface area (Å²) < 4.78 is 0. The summed E-state index contributed by atoms with van der Waals surface area (Å²) in [4.78, 5) is 27.1. The zero-order valence-electron chi connectivity index (χ0n) is 19.0. The number of carbonyl (C=O) groups is 2. The maximum absolute atomic E-state index is 13.2. The van der Waals surface area contributed by atoms with E-state index in [2.05, 4.69) is 0 Å². The molecule has 0 aliphatic carbocycles. The third kappa shape index (κ3) is 4.69. The van der Waals surface area contributed by atoms with Crippen molar-refractivity contribution >= 4 is 35.4 Å². The van der Waals surface area contributed by atoms with Crippen LogP contribution in [0.4, 0.5) is 5.69 Å². The van der Waals surface area contributed by atoms with Gasteiger partial charge in [0.25, 0.3) is 5.91 Å². The van der Waals surface area contributed by atoms with Crippen LogP contribution in [0.25, 0.3) is 6.08 Å². The van der Waals surface area contributed by atoms with Crippen molar-refractivity contribution in [3.8, 4) is 5.75 Å². The van der Waals surface area contributed by atoms with Crippen LogP contribution >= 0.6 is 11.8 Å². The molecule has 0 saturated carbocycles. The average Bonchev–Trinajstić information content (AvgIpc) is 2.71. The number of aromatic hydroxyl groups is 1. The van der Waals surface area contributed by atoms with Crippen LogP contribution in [0.3, 0.4) is 0 Å². The fraction of sp³-hybridized carbons (Fsp3) is 0.360. The normalized spacial score (nSPS) is 15.8. The highest BCUT2D eigenvalue weighted by Gasteiger charge is 2.32. The van der Waals surface area contributed by atoms with Gasteiger partial charge >= 0.3 is 5.97 Å². The largest absolute Gasteiger partial charge is 0.507 e. The molecule has 0 saturated heterocycles. The van der Waals surface area contributed by atoms with Crippen LogP contribution in [0.15, 0.2) is 46.2 Å². The molecule has 0 spiro atoms. The molecule has 3 rings (SSSR count). The number of carbonyl (C=O) groups excluding carboxylic acids is 1. The maximum atomic E-state index is 13.2. The number of phenolic OH excluding ortho intramolecular Hbond substituents is 1. The molecule has 0 fully saturated rings. The first-order valence-corrected chi connectivity index (χ1v) is 11.2. The van der Waals surface area contributed by atoms with E-state index in [1.54, 1.807) is 24.3 Å². The van der Waals surface area contributed by atoms with Gasteiger partial charge in [-0.05, 0) is 41.3 Å². The number of aliphatic hydroxyl groups is 1. The highest BCUT2D eigenvalue weighted by molar-refractivity contribution is 8.04. The summed E-state index contributed by atoms with van der Waals surface area (Å²) in [5.74, 6) is -1.34. The first kappa shape index (κ1) is 23.9. The molecular weight excluding hydrogens is 426 g/mol. The van der Waals surface area contributed by atoms with Crippen molar-refractivity contribution in [1.29, 1.82) is 0 Å². The zero-order chi connectivity index (χ0) is 23.8. The summed E-state index contributed by atoms with van der Waals surface area (Å²) in [6.07, 6.45) is 1.73. The van der Waals surface area contributed by atoms with E-state index in [9.17, 15) is 24.9 Å². The van der Waals surface area contributed by atoms with Crippen molar-refractivity contribution < 1.29 is 24.9 Å². The number of para-hydroxylation sites is 1. The molecule has 1 aliphatic rings. The van der Waals surface area contributed by atoms with Crippen LogP contribution in [0, 0.1) is 0 Å². The second-order valence-electron chi connectivity index (χ2n) is 9.62. The Morgan fingerprint density at radius 1 is 1.09 bits per heavy atom. The minimum Gasteiger partial charge on any atom is -0.507 e. The van der Waals surface area contributed by atoms with Gasteiger partial charge in [-0.3, -0.25) is 14.5 Å². The number of anilines is 1. The van der Waals surface area contributed by atoms with Crippen molar-refractivity contribution in [2.75, 3.05) is 18.1 Å². The number of phenols is 1. The molecule has 1 aliphatic heterocycles. The number of carboxylic acid groups (broad SMARTS) is 1. The van der Waals surface area contributed by atoms with E-state index >= 15 is 0 Å². The monoisotopic (exact) mass is 455 g/mol. The number of thioether (sulfide) groups is 1. The Labute approximate surface area is 192 Å². The van der Waals surface area contributed by atoms with Crippen molar-refractivity contribution in [2.45, 2.75) is 50.3 Å². The third-order valence-corrected chi connectivity index (χ3v) is 6.57. The molecule has 0 unspecified atom stereocenters. The van der Waals surface area contributed by atoms with Crippen molar-refractivity contribution in [3.63, 3.8) is 0 Å². The lowest BCUT2D eigenvalue weighted by molar-refractivity contribution is -0.136. The highest BCUT2D eigenvalue weighted by Crippen LogP contribution is 2.44. The number of hydrogen-bond donors (Lipinski definition) is 3. The summed E-state index contributed by atoms with van der Waals surface area (Å²) in [5.41, 5.74) is 1.52. The molecule has 6 nitrogen and oxygen atoms in total. The molecule has 3 N–H and O–H groups in total. The first-order chi connectivity index (χ1) is 14.8. The molecule has 1 amide bonds. The average molecular weight is 456 g/mol. The predicted molar refractivity (Wildman–Crippen MR) is 127 cm³/mol. The first-order valence-electron chi connectivity index (χ1n) is 10.4. The van der Waals surface area contributed by atoms with E-state index in [1.165, 1.54) is 16.7 Å². The van der Waals surface area contributed by atoms with Gasteiger partial charge in [-0.2, -0.15) is 0 Å². The molecule has 1 heterocycles. The standard InChI is InChI=1S/C25H29NO5S/c1-24(2,3)16-10-15(11-17(22(16)30)25(4,5)14-27)12-20-23(31)26(13-21(28)29)18-8-6-7-9-19(18)32-20/h6-12,27,30H,13-14H2,1-5H3,(H,28,29)/b20-12-. The minimum absolute atomic E-state index is 0.138. The van der Waals surface area contributed by atoms with Crippen molar-refractivity contribution in [2.24, 2.45) is 0 Å². The van der Waals surface area contributed by atoms with E-state index in [-0.39, 0.29) is 23.7 Å². The number of benzene rings is 2. The topological polar surface area (TPSA) is 98.1 Å². The molecule has 2 aromatic rings. The molecule has 2 aromatic carbocycles. The lowest BCUT2D eigenvalue weighted by atomic mass is 9.78. The molecule has 32 heavy (non-hydrogen) atoms. The van der Waals surface area contributed by atoms with Gasteiger partial charge in [-0.1, -0.05) is 58.5 Å². The Bertz CT molecular complexity index is 1100. The van der Waals surface area contributed by atoms with Crippen LogP contribution in [-0.4, -0.2) is 40.3 Å². The van der Waals surface area contributed by atoms with Crippen molar-refractivity contribution in [1.82, 2.24) is 0 Å². The summed E-state index contributed by atoms with van der Waals surface area (Å²) in [6.45, 7) is 9.06. The zero-order valence-corrected chi connectivity index (χ0v) is 19.8. The number of carboxylic acids is 1. The number of nitrogens with zero attached hydrogens (tertiary/aromatic N) is 1. The molecule has 0 bridgehead atoms. The summed E-state index contributed by atoms with van der Waals surface area (Å²) in [6, 6.07) is 10.8. The van der Waals surface area contributed by atoms with E-state index < -0.39 is 17.9 Å². The van der Waals surface area contributed by atoms with Gasteiger partial charge in [-0.15, -0.1) is 0 Å². The van der Waals surface area contributed by atoms with E-state index in [4.69, 9.17) is 0 Å². The quantitative estimate of drug-likeness (QED) is 0.573. The summed E-state index contributed by atoms with van der Waals surface area (Å²) >= 11 is 1.29. The molecule has 0 aromatic heterocycles. The van der Waals surface area contributed by atoms with Gasteiger partial charge < -0.3 is 15.3 Å². The number of aliphatic hydroxyl groups excluding tert-OH is 1. The van der Waals surface area contributed by atoms with Crippen LogP contribution in [0.2, 0.25) is 0 Å². The minimum atomic E-state index is -1.09. The van der Waals surface area contributed by atoms with Crippen LogP contribution in [0.1, 0.15) is 51.3 Å². The SMILES string of the molecule is CC(C)(C)c1cc(/C=C2\Sc3ccccc3N(CC(=O)O)C2=O)cc(C(C)(C)CO)c1O. The smallest absolute Gasteiger partial charge is 0.323 e. The molecular formula is C25H29NO5S. The predicted octanol–water partition coefficient (Wildman–Crippen LogP) is 4.52. The van der Waals surface area contributed by atoms with Gasteiger partial charge in [0.1, 0.15) is 12.3 Å². The summed E-state index contributed by atoms with van der Waals surface area (Å²) in [7, 11) is 0. The van der Waals surface area contributed by atoms with Gasteiger partial charge in [-0.25, -0.2) is 0 Å². The van der Waals surface area contributed by atoms with E-state index in [0.717, 1.165) is 4.90 Å². The second kappa shape index (κ2) is 8.64. The van der Waals surface area contributed by atoms with Crippen molar-refractivity contribution in [3.05, 3.63) is 58.0 Å². The lowest BCUT2D eigenvalue weighted by Crippen LogP contribution is -2.38. The molecule has 7 heteroatoms.